The molecule has 1 saturated carbocycles. The van der Waals surface area contributed by atoms with E-state index in [1.807, 2.05) is 7.05 Å². The molecule has 50 valence electrons. The van der Waals surface area contributed by atoms with Crippen LogP contribution in [0.1, 0.15) is 19.3 Å². The van der Waals surface area contributed by atoms with E-state index in [1.165, 1.54) is 0 Å². The largest absolute Gasteiger partial charge is 0.394 e. The number of rotatable bonds is 1. The maximum Gasteiger partial charge on any atom is 0.160 e. The number of nitrogens with one attached hydrogen (secondary N) is 1. The van der Waals surface area contributed by atoms with Crippen LogP contribution in [0.3, 0.4) is 0 Å². The molecule has 0 saturated heterocycles. The maximum absolute atomic E-state index is 10.9. The fraction of sp³-hybridized carbons (Fsp3) is 0.571. The molecule has 0 bridgehead atoms. The first kappa shape index (κ1) is 6.33. The van der Waals surface area contributed by atoms with Crippen LogP contribution in [-0.2, 0) is 4.79 Å². The lowest BCUT2D eigenvalue weighted by atomic mass is 10.2. The van der Waals surface area contributed by atoms with Gasteiger partial charge in [-0.3, -0.25) is 4.79 Å². The molecule has 0 heterocycles. The summed E-state index contributed by atoms with van der Waals surface area (Å²) in [5.41, 5.74) is 0.956. The molecule has 0 amide bonds. The second-order valence-corrected chi connectivity index (χ2v) is 2.23. The molecule has 0 aromatic heterocycles. The predicted octanol–water partition coefficient (Wildman–Crippen LogP) is 0.843. The highest BCUT2D eigenvalue weighted by atomic mass is 16.1. The van der Waals surface area contributed by atoms with Crippen molar-refractivity contribution in [3.05, 3.63) is 11.8 Å². The molecule has 0 aliphatic heterocycles. The molecule has 2 heteroatoms. The number of ketones is 1. The van der Waals surface area contributed by atoms with E-state index in [1.54, 1.807) is 6.20 Å². The number of Topliss-reactive ketones (excluding diaryl/α,β-unsaturated/α-hetero) is 1. The molecule has 1 rings (SSSR count). The van der Waals surface area contributed by atoms with Crippen LogP contribution in [0.15, 0.2) is 11.8 Å². The molecule has 0 aromatic rings. The van der Waals surface area contributed by atoms with Crippen molar-refractivity contribution in [2.45, 2.75) is 19.3 Å². The summed E-state index contributed by atoms with van der Waals surface area (Å²) >= 11 is 0. The Bertz CT molecular complexity index is 149. The molecule has 1 aliphatic rings. The summed E-state index contributed by atoms with van der Waals surface area (Å²) in [7, 11) is 1.82. The number of hydrogen-bond donors (Lipinski definition) is 1. The predicted molar refractivity (Wildman–Crippen MR) is 36.0 cm³/mol. The molecule has 0 unspecified atom stereocenters. The average Bonchev–Trinajstić information content (AvgIpc) is 2.18. The lowest BCUT2D eigenvalue weighted by Crippen LogP contribution is -1.99. The van der Waals surface area contributed by atoms with Gasteiger partial charge in [-0.15, -0.1) is 0 Å². The monoisotopic (exact) mass is 125 g/mol. The zero-order valence-corrected chi connectivity index (χ0v) is 5.61. The zero-order valence-electron chi connectivity index (χ0n) is 5.61. The van der Waals surface area contributed by atoms with Crippen LogP contribution in [0.25, 0.3) is 0 Å². The van der Waals surface area contributed by atoms with Gasteiger partial charge in [-0.2, -0.15) is 0 Å². The highest BCUT2D eigenvalue weighted by Gasteiger charge is 2.15. The normalized spacial score (nSPS) is 23.2. The molecule has 1 aliphatic carbocycles. The quantitative estimate of drug-likeness (QED) is 0.526. The van der Waals surface area contributed by atoms with Gasteiger partial charge >= 0.3 is 0 Å². The first-order chi connectivity index (χ1) is 4.34. The summed E-state index contributed by atoms with van der Waals surface area (Å²) in [6.07, 6.45) is 4.54. The van der Waals surface area contributed by atoms with E-state index in [-0.39, 0.29) is 0 Å². The average molecular weight is 125 g/mol. The van der Waals surface area contributed by atoms with Gasteiger partial charge in [0.05, 0.1) is 0 Å². The summed E-state index contributed by atoms with van der Waals surface area (Å²) in [6, 6.07) is 0. The summed E-state index contributed by atoms with van der Waals surface area (Å²) in [4.78, 5) is 10.9. The summed E-state index contributed by atoms with van der Waals surface area (Å²) < 4.78 is 0. The molecular formula is C7H11NO. The van der Waals surface area contributed by atoms with Gasteiger partial charge in [0.1, 0.15) is 0 Å². The minimum absolute atomic E-state index is 0.310. The van der Waals surface area contributed by atoms with Crippen molar-refractivity contribution in [1.29, 1.82) is 0 Å². The lowest BCUT2D eigenvalue weighted by Gasteiger charge is -1.91. The van der Waals surface area contributed by atoms with Crippen molar-refractivity contribution in [2.75, 3.05) is 7.05 Å². The van der Waals surface area contributed by atoms with Gasteiger partial charge in [-0.1, -0.05) is 0 Å². The Morgan fingerprint density at radius 1 is 1.56 bits per heavy atom. The van der Waals surface area contributed by atoms with Gasteiger partial charge in [0.15, 0.2) is 5.78 Å². The molecule has 0 aromatic carbocycles. The van der Waals surface area contributed by atoms with Gasteiger partial charge in [-0.05, 0) is 12.8 Å². The standard InChI is InChI=1S/C7H11NO/c1-8-5-6-3-2-4-7(6)9/h5,8H,2-4H2,1H3/b6-5-. The Kier molecular flexibility index (Phi) is 1.88. The van der Waals surface area contributed by atoms with Crippen molar-refractivity contribution in [1.82, 2.24) is 5.32 Å². The minimum atomic E-state index is 0.310. The zero-order chi connectivity index (χ0) is 6.69. The first-order valence-corrected chi connectivity index (χ1v) is 3.24. The van der Waals surface area contributed by atoms with E-state index in [4.69, 9.17) is 0 Å². The van der Waals surface area contributed by atoms with Gasteiger partial charge in [0.2, 0.25) is 0 Å². The Morgan fingerprint density at radius 3 is 2.78 bits per heavy atom. The van der Waals surface area contributed by atoms with E-state index in [0.29, 0.717) is 5.78 Å². The van der Waals surface area contributed by atoms with Crippen molar-refractivity contribution in [3.8, 4) is 0 Å². The number of carbonyl (C=O) groups excluding carboxylic acids is 1. The van der Waals surface area contributed by atoms with Crippen molar-refractivity contribution in [2.24, 2.45) is 0 Å². The van der Waals surface area contributed by atoms with E-state index < -0.39 is 0 Å². The van der Waals surface area contributed by atoms with E-state index in [0.717, 1.165) is 24.8 Å². The third-order valence-electron chi connectivity index (χ3n) is 1.53. The highest BCUT2D eigenvalue weighted by Crippen LogP contribution is 2.18. The fourth-order valence-electron chi connectivity index (χ4n) is 1.07. The van der Waals surface area contributed by atoms with Crippen LogP contribution in [0.5, 0.6) is 0 Å². The van der Waals surface area contributed by atoms with Gasteiger partial charge in [-0.25, -0.2) is 0 Å². The Hall–Kier alpha value is -0.790. The van der Waals surface area contributed by atoms with Crippen molar-refractivity contribution in [3.63, 3.8) is 0 Å². The SMILES string of the molecule is CN/C=C1/CCCC1=O. The Labute approximate surface area is 54.9 Å². The van der Waals surface area contributed by atoms with Crippen LogP contribution >= 0.6 is 0 Å². The molecule has 1 N–H and O–H groups in total. The van der Waals surface area contributed by atoms with E-state index in [9.17, 15) is 4.79 Å². The van der Waals surface area contributed by atoms with Gasteiger partial charge in [0, 0.05) is 25.2 Å². The van der Waals surface area contributed by atoms with E-state index >= 15 is 0 Å². The van der Waals surface area contributed by atoms with Crippen molar-refractivity contribution < 1.29 is 4.79 Å². The number of allylic oxidation sites excluding steroid dienone is 1. The molecule has 9 heavy (non-hydrogen) atoms. The van der Waals surface area contributed by atoms with Crippen molar-refractivity contribution >= 4 is 5.78 Å². The summed E-state index contributed by atoms with van der Waals surface area (Å²) in [5.74, 6) is 0.310. The van der Waals surface area contributed by atoms with Gasteiger partial charge in [0.25, 0.3) is 0 Å². The number of hydrogen-bond acceptors (Lipinski definition) is 2. The smallest absolute Gasteiger partial charge is 0.160 e. The Morgan fingerprint density at radius 2 is 2.33 bits per heavy atom. The maximum atomic E-state index is 10.9. The Balaban J connectivity index is 2.59. The van der Waals surface area contributed by atoms with E-state index in [2.05, 4.69) is 5.32 Å². The number of carbonyl (C=O) groups is 1. The molecule has 1 fully saturated rings. The highest BCUT2D eigenvalue weighted by molar-refractivity contribution is 5.97. The lowest BCUT2D eigenvalue weighted by molar-refractivity contribution is -0.114. The van der Waals surface area contributed by atoms with Crippen LogP contribution in [0.2, 0.25) is 0 Å². The third kappa shape index (κ3) is 1.31. The summed E-state index contributed by atoms with van der Waals surface area (Å²) in [5, 5.41) is 2.86. The fourth-order valence-corrected chi connectivity index (χ4v) is 1.07. The molecular weight excluding hydrogens is 114 g/mol. The van der Waals surface area contributed by atoms with Crippen LogP contribution in [-0.4, -0.2) is 12.8 Å². The van der Waals surface area contributed by atoms with Crippen LogP contribution < -0.4 is 5.32 Å². The van der Waals surface area contributed by atoms with Crippen LogP contribution in [0, 0.1) is 0 Å². The molecule has 0 atom stereocenters. The second-order valence-electron chi connectivity index (χ2n) is 2.23. The minimum Gasteiger partial charge on any atom is -0.394 e. The molecule has 0 radical (unpaired) electrons. The van der Waals surface area contributed by atoms with Crippen LogP contribution in [0.4, 0.5) is 0 Å². The first-order valence-electron chi connectivity index (χ1n) is 3.24. The third-order valence-corrected chi connectivity index (χ3v) is 1.53. The molecule has 0 spiro atoms. The molecule has 2 nitrogen and oxygen atoms in total. The topological polar surface area (TPSA) is 29.1 Å². The van der Waals surface area contributed by atoms with Gasteiger partial charge < -0.3 is 5.32 Å². The summed E-state index contributed by atoms with van der Waals surface area (Å²) in [6.45, 7) is 0. The second kappa shape index (κ2) is 2.67.